The normalized spacial score (nSPS) is 13.0. The Kier molecular flexibility index (Phi) is 7.13. The smallest absolute Gasteiger partial charge is 0.328 e. The molecule has 0 aromatic heterocycles. The molecule has 1 N–H and O–H groups in total. The number of rotatable bonds is 7. The maximum atomic E-state index is 12.6. The Morgan fingerprint density at radius 2 is 1.84 bits per heavy atom. The number of carbonyl (C=O) groups is 2. The first kappa shape index (κ1) is 21.1. The van der Waals surface area contributed by atoms with Crippen molar-refractivity contribution in [2.75, 3.05) is 21.2 Å². The van der Waals surface area contributed by atoms with E-state index in [-0.39, 0.29) is 16.4 Å². The standard InChI is InChI=1S/C17H26N2O5S/c1-11(2)9-15(17(21)24-6)18-16(20)14-10-13(8-7-12(14)3)25(22,23)19(4)5/h7-8,10-11,15H,9H2,1-6H3,(H,18,20). The Labute approximate surface area is 149 Å². The van der Waals surface area contributed by atoms with Gasteiger partial charge in [-0.25, -0.2) is 17.5 Å². The summed E-state index contributed by atoms with van der Waals surface area (Å²) in [7, 11) is 0.448. The average molecular weight is 370 g/mol. The Morgan fingerprint density at radius 3 is 2.32 bits per heavy atom. The van der Waals surface area contributed by atoms with Crippen molar-refractivity contribution in [3.05, 3.63) is 29.3 Å². The number of methoxy groups -OCH3 is 1. The number of esters is 1. The largest absolute Gasteiger partial charge is 0.467 e. The molecule has 1 amide bonds. The van der Waals surface area contributed by atoms with E-state index < -0.39 is 27.9 Å². The van der Waals surface area contributed by atoms with Crippen LogP contribution in [-0.4, -0.2) is 51.8 Å². The third-order valence-electron chi connectivity index (χ3n) is 3.73. The van der Waals surface area contributed by atoms with Crippen LogP contribution in [0.15, 0.2) is 23.1 Å². The van der Waals surface area contributed by atoms with E-state index in [4.69, 9.17) is 4.74 Å². The Morgan fingerprint density at radius 1 is 1.24 bits per heavy atom. The van der Waals surface area contributed by atoms with Gasteiger partial charge < -0.3 is 10.1 Å². The lowest BCUT2D eigenvalue weighted by Gasteiger charge is -2.19. The number of nitrogens with one attached hydrogen (secondary N) is 1. The molecule has 1 rings (SSSR count). The summed E-state index contributed by atoms with van der Waals surface area (Å²) in [5.41, 5.74) is 0.823. The molecule has 0 aliphatic heterocycles. The van der Waals surface area contributed by atoms with Crippen molar-refractivity contribution in [2.45, 2.75) is 38.1 Å². The number of ether oxygens (including phenoxy) is 1. The highest BCUT2D eigenvalue weighted by atomic mass is 32.2. The fourth-order valence-corrected chi connectivity index (χ4v) is 3.21. The van der Waals surface area contributed by atoms with E-state index in [0.717, 1.165) is 4.31 Å². The van der Waals surface area contributed by atoms with Crippen LogP contribution < -0.4 is 5.32 Å². The number of aryl methyl sites for hydroxylation is 1. The molecule has 7 nitrogen and oxygen atoms in total. The molecule has 0 spiro atoms. The molecule has 0 aliphatic rings. The third kappa shape index (κ3) is 5.27. The van der Waals surface area contributed by atoms with Crippen LogP contribution in [0.2, 0.25) is 0 Å². The van der Waals surface area contributed by atoms with E-state index in [9.17, 15) is 18.0 Å². The maximum absolute atomic E-state index is 12.6. The third-order valence-corrected chi connectivity index (χ3v) is 5.54. The zero-order valence-corrected chi connectivity index (χ0v) is 16.3. The molecule has 140 valence electrons. The van der Waals surface area contributed by atoms with Crippen molar-refractivity contribution in [3.8, 4) is 0 Å². The number of carbonyl (C=O) groups excluding carboxylic acids is 2. The minimum absolute atomic E-state index is 0.0201. The molecular formula is C17H26N2O5S. The minimum atomic E-state index is -3.66. The molecule has 1 atom stereocenters. The van der Waals surface area contributed by atoms with Crippen LogP contribution in [0, 0.1) is 12.8 Å². The summed E-state index contributed by atoms with van der Waals surface area (Å²) in [6.45, 7) is 5.56. The van der Waals surface area contributed by atoms with Gasteiger partial charge in [0.2, 0.25) is 10.0 Å². The lowest BCUT2D eigenvalue weighted by molar-refractivity contribution is -0.143. The van der Waals surface area contributed by atoms with Crippen LogP contribution in [-0.2, 0) is 19.6 Å². The predicted molar refractivity (Wildman–Crippen MR) is 94.8 cm³/mol. The molecule has 25 heavy (non-hydrogen) atoms. The van der Waals surface area contributed by atoms with Gasteiger partial charge in [-0.3, -0.25) is 4.79 Å². The van der Waals surface area contributed by atoms with Gasteiger partial charge in [-0.2, -0.15) is 0 Å². The Hall–Kier alpha value is -1.93. The van der Waals surface area contributed by atoms with Gasteiger partial charge in [0, 0.05) is 19.7 Å². The Bertz CT molecular complexity index is 741. The molecule has 8 heteroatoms. The molecule has 0 saturated heterocycles. The summed E-state index contributed by atoms with van der Waals surface area (Å²) in [4.78, 5) is 24.5. The predicted octanol–water partition coefficient (Wildman–Crippen LogP) is 1.56. The molecule has 1 aromatic carbocycles. The molecule has 0 saturated carbocycles. The quantitative estimate of drug-likeness (QED) is 0.735. The van der Waals surface area contributed by atoms with E-state index in [1.54, 1.807) is 13.0 Å². The van der Waals surface area contributed by atoms with Crippen molar-refractivity contribution in [3.63, 3.8) is 0 Å². The first-order valence-electron chi connectivity index (χ1n) is 7.92. The van der Waals surface area contributed by atoms with Crippen LogP contribution in [0.3, 0.4) is 0 Å². The fraction of sp³-hybridized carbons (Fsp3) is 0.529. The highest BCUT2D eigenvalue weighted by molar-refractivity contribution is 7.89. The first-order valence-corrected chi connectivity index (χ1v) is 9.36. The molecule has 0 heterocycles. The van der Waals surface area contributed by atoms with Gasteiger partial charge in [0.1, 0.15) is 6.04 Å². The SMILES string of the molecule is COC(=O)C(CC(C)C)NC(=O)c1cc(S(=O)(=O)N(C)C)ccc1C. The van der Waals surface area contributed by atoms with Gasteiger partial charge in [0.15, 0.2) is 0 Å². The topological polar surface area (TPSA) is 92.8 Å². The molecule has 0 fully saturated rings. The number of nitrogens with zero attached hydrogens (tertiary/aromatic N) is 1. The highest BCUT2D eigenvalue weighted by Crippen LogP contribution is 2.18. The molecule has 0 aliphatic carbocycles. The lowest BCUT2D eigenvalue weighted by atomic mass is 10.0. The summed E-state index contributed by atoms with van der Waals surface area (Å²) in [5.74, 6) is -0.868. The zero-order valence-electron chi connectivity index (χ0n) is 15.5. The van der Waals surface area contributed by atoms with Gasteiger partial charge in [-0.1, -0.05) is 19.9 Å². The van der Waals surface area contributed by atoms with Crippen molar-refractivity contribution >= 4 is 21.9 Å². The highest BCUT2D eigenvalue weighted by Gasteiger charge is 2.25. The minimum Gasteiger partial charge on any atom is -0.467 e. The second-order valence-corrected chi connectivity index (χ2v) is 8.59. The van der Waals surface area contributed by atoms with Crippen LogP contribution in [0.4, 0.5) is 0 Å². The number of sulfonamides is 1. The maximum Gasteiger partial charge on any atom is 0.328 e. The fourth-order valence-electron chi connectivity index (χ4n) is 2.28. The number of hydrogen-bond acceptors (Lipinski definition) is 5. The summed E-state index contributed by atoms with van der Waals surface area (Å²) in [5, 5.41) is 2.64. The Balaban J connectivity index is 3.18. The molecule has 1 unspecified atom stereocenters. The summed E-state index contributed by atoms with van der Waals surface area (Å²) < 4.78 is 30.3. The first-order chi connectivity index (χ1) is 11.5. The number of benzene rings is 1. The van der Waals surface area contributed by atoms with Crippen molar-refractivity contribution in [2.24, 2.45) is 5.92 Å². The second-order valence-electron chi connectivity index (χ2n) is 6.44. The van der Waals surface area contributed by atoms with E-state index in [0.29, 0.717) is 12.0 Å². The van der Waals surface area contributed by atoms with Crippen molar-refractivity contribution < 1.29 is 22.7 Å². The summed E-state index contributed by atoms with van der Waals surface area (Å²) in [6, 6.07) is 3.56. The molecule has 0 bridgehead atoms. The van der Waals surface area contributed by atoms with Crippen LogP contribution in [0.5, 0.6) is 0 Å². The van der Waals surface area contributed by atoms with Crippen LogP contribution in [0.1, 0.15) is 36.2 Å². The van der Waals surface area contributed by atoms with Gasteiger partial charge in [-0.05, 0) is 37.0 Å². The molecule has 1 aromatic rings. The summed E-state index contributed by atoms with van der Waals surface area (Å²) in [6.07, 6.45) is 0.424. The van der Waals surface area contributed by atoms with Gasteiger partial charge in [0.25, 0.3) is 5.91 Å². The number of hydrogen-bond donors (Lipinski definition) is 1. The molecule has 0 radical (unpaired) electrons. The van der Waals surface area contributed by atoms with Crippen LogP contribution >= 0.6 is 0 Å². The van der Waals surface area contributed by atoms with E-state index in [1.807, 2.05) is 13.8 Å². The monoisotopic (exact) mass is 370 g/mol. The van der Waals surface area contributed by atoms with E-state index in [2.05, 4.69) is 5.32 Å². The van der Waals surface area contributed by atoms with Gasteiger partial charge >= 0.3 is 5.97 Å². The van der Waals surface area contributed by atoms with Crippen molar-refractivity contribution in [1.29, 1.82) is 0 Å². The van der Waals surface area contributed by atoms with Crippen molar-refractivity contribution in [1.82, 2.24) is 9.62 Å². The summed E-state index contributed by atoms with van der Waals surface area (Å²) >= 11 is 0. The molecular weight excluding hydrogens is 344 g/mol. The average Bonchev–Trinajstić information content (AvgIpc) is 2.52. The lowest BCUT2D eigenvalue weighted by Crippen LogP contribution is -2.42. The van der Waals surface area contributed by atoms with Gasteiger partial charge in [-0.15, -0.1) is 0 Å². The van der Waals surface area contributed by atoms with E-state index >= 15 is 0 Å². The number of amides is 1. The van der Waals surface area contributed by atoms with Crippen LogP contribution in [0.25, 0.3) is 0 Å². The second kappa shape index (κ2) is 8.44. The zero-order chi connectivity index (χ0) is 19.4. The van der Waals surface area contributed by atoms with Gasteiger partial charge in [0.05, 0.1) is 12.0 Å². The van der Waals surface area contributed by atoms with E-state index in [1.165, 1.54) is 33.3 Å².